The van der Waals surface area contributed by atoms with Crippen molar-refractivity contribution in [3.63, 3.8) is 0 Å². The quantitative estimate of drug-likeness (QED) is 0.332. The largest absolute Gasteiger partial charge is 0.433 e. The van der Waals surface area contributed by atoms with E-state index in [-0.39, 0.29) is 35.0 Å². The van der Waals surface area contributed by atoms with Gasteiger partial charge in [-0.2, -0.15) is 28.5 Å². The minimum absolute atomic E-state index is 0.0483. The van der Waals surface area contributed by atoms with Crippen molar-refractivity contribution in [2.75, 3.05) is 5.32 Å². The lowest BCUT2D eigenvalue weighted by Gasteiger charge is -2.11. The Bertz CT molecular complexity index is 1760. The standard InChI is InChI=1S/C26H24F3N9O2/c1-14-5-6-17(7-15(14)2)18-8-21(26(27,28)29)38-22(33-18)9-19(35-38)24(39)34-20-12-32-37(4)23(20)25(40)30-10-16-11-31-36(3)13-16/h5-9,11-13H,10H2,1-4H3,(H,30,40)(H,34,39). The number of hydrogen-bond donors (Lipinski definition) is 2. The first kappa shape index (κ1) is 26.6. The Labute approximate surface area is 225 Å². The fourth-order valence-electron chi connectivity index (χ4n) is 4.15. The molecule has 11 nitrogen and oxygen atoms in total. The maximum Gasteiger partial charge on any atom is 0.433 e. The van der Waals surface area contributed by atoms with Crippen LogP contribution in [0.2, 0.25) is 0 Å². The van der Waals surface area contributed by atoms with Crippen molar-refractivity contribution in [2.45, 2.75) is 26.6 Å². The highest BCUT2D eigenvalue weighted by molar-refractivity contribution is 6.07. The van der Waals surface area contributed by atoms with Gasteiger partial charge in [0.1, 0.15) is 5.69 Å². The molecule has 40 heavy (non-hydrogen) atoms. The summed E-state index contributed by atoms with van der Waals surface area (Å²) in [6.45, 7) is 3.94. The molecule has 0 saturated carbocycles. The number of rotatable bonds is 6. The summed E-state index contributed by atoms with van der Waals surface area (Å²) in [5, 5.41) is 17.2. The van der Waals surface area contributed by atoms with Crippen molar-refractivity contribution in [2.24, 2.45) is 14.1 Å². The van der Waals surface area contributed by atoms with Crippen LogP contribution in [0.1, 0.15) is 43.4 Å². The van der Waals surface area contributed by atoms with Crippen LogP contribution in [0.4, 0.5) is 18.9 Å². The molecule has 1 aromatic carbocycles. The Hall–Kier alpha value is -5.01. The summed E-state index contributed by atoms with van der Waals surface area (Å²) in [4.78, 5) is 30.3. The highest BCUT2D eigenvalue weighted by atomic mass is 19.4. The van der Waals surface area contributed by atoms with E-state index in [2.05, 4.69) is 30.9 Å². The topological polar surface area (TPSA) is 124 Å². The Morgan fingerprint density at radius 2 is 1.75 bits per heavy atom. The number of nitrogens with one attached hydrogen (secondary N) is 2. The van der Waals surface area contributed by atoms with E-state index in [1.54, 1.807) is 42.3 Å². The number of carbonyl (C=O) groups is 2. The van der Waals surface area contributed by atoms with Gasteiger partial charge in [-0.1, -0.05) is 12.1 Å². The lowest BCUT2D eigenvalue weighted by atomic mass is 10.0. The second-order valence-corrected chi connectivity index (χ2v) is 9.31. The molecule has 0 atom stereocenters. The van der Waals surface area contributed by atoms with E-state index in [1.165, 1.54) is 17.9 Å². The summed E-state index contributed by atoms with van der Waals surface area (Å²) in [6.07, 6.45) is -0.156. The number of alkyl halides is 3. The molecule has 0 unspecified atom stereocenters. The van der Waals surface area contributed by atoms with Crippen molar-refractivity contribution in [3.8, 4) is 11.3 Å². The third-order valence-electron chi connectivity index (χ3n) is 6.37. The minimum Gasteiger partial charge on any atom is -0.346 e. The number of halogens is 3. The van der Waals surface area contributed by atoms with Crippen LogP contribution < -0.4 is 10.6 Å². The fraction of sp³-hybridized carbons (Fsp3) is 0.231. The Balaban J connectivity index is 1.44. The van der Waals surface area contributed by atoms with Crippen LogP contribution in [0.15, 0.2) is 48.9 Å². The first-order valence-electron chi connectivity index (χ1n) is 12.1. The molecule has 2 amide bonds. The normalized spacial score (nSPS) is 11.7. The lowest BCUT2D eigenvalue weighted by Crippen LogP contribution is -2.26. The van der Waals surface area contributed by atoms with Crippen LogP contribution in [0.25, 0.3) is 16.9 Å². The summed E-state index contributed by atoms with van der Waals surface area (Å²) in [7, 11) is 3.27. The highest BCUT2D eigenvalue weighted by Gasteiger charge is 2.36. The predicted octanol–water partition coefficient (Wildman–Crippen LogP) is 3.68. The van der Waals surface area contributed by atoms with Crippen LogP contribution in [-0.2, 0) is 26.8 Å². The van der Waals surface area contributed by atoms with Crippen LogP contribution >= 0.6 is 0 Å². The van der Waals surface area contributed by atoms with Gasteiger partial charge in [0.15, 0.2) is 17.0 Å². The average molecular weight is 552 g/mol. The molecule has 14 heteroatoms. The number of hydrogen-bond acceptors (Lipinski definition) is 6. The van der Waals surface area contributed by atoms with Crippen LogP contribution in [0.3, 0.4) is 0 Å². The first-order valence-corrected chi connectivity index (χ1v) is 12.1. The van der Waals surface area contributed by atoms with E-state index in [0.717, 1.165) is 28.8 Å². The van der Waals surface area contributed by atoms with E-state index in [4.69, 9.17) is 0 Å². The minimum atomic E-state index is -4.77. The van der Waals surface area contributed by atoms with Crippen molar-refractivity contribution in [1.82, 2.24) is 39.5 Å². The van der Waals surface area contributed by atoms with Crippen molar-refractivity contribution in [3.05, 3.63) is 82.7 Å². The molecule has 0 aliphatic heterocycles. The zero-order valence-corrected chi connectivity index (χ0v) is 21.9. The third-order valence-corrected chi connectivity index (χ3v) is 6.37. The molecule has 0 aliphatic rings. The van der Waals surface area contributed by atoms with Gasteiger partial charge in [-0.25, -0.2) is 9.50 Å². The number of amides is 2. The van der Waals surface area contributed by atoms with Crippen LogP contribution in [0.5, 0.6) is 0 Å². The molecule has 4 heterocycles. The predicted molar refractivity (Wildman–Crippen MR) is 138 cm³/mol. The molecule has 0 bridgehead atoms. The van der Waals surface area contributed by atoms with Crippen molar-refractivity contribution < 1.29 is 22.8 Å². The van der Waals surface area contributed by atoms with Crippen LogP contribution in [-0.4, -0.2) is 46.0 Å². The highest BCUT2D eigenvalue weighted by Crippen LogP contribution is 2.33. The summed E-state index contributed by atoms with van der Waals surface area (Å²) < 4.78 is 45.5. The number of carbonyl (C=O) groups excluding carboxylic acids is 2. The molecule has 206 valence electrons. The maximum atomic E-state index is 14.0. The summed E-state index contributed by atoms with van der Waals surface area (Å²) >= 11 is 0. The monoisotopic (exact) mass is 551 g/mol. The zero-order valence-electron chi connectivity index (χ0n) is 21.9. The smallest absolute Gasteiger partial charge is 0.346 e. The van der Waals surface area contributed by atoms with Gasteiger partial charge in [0, 0.05) is 44.0 Å². The Kier molecular flexibility index (Phi) is 6.61. The molecule has 0 spiro atoms. The van der Waals surface area contributed by atoms with Crippen molar-refractivity contribution in [1.29, 1.82) is 0 Å². The number of anilines is 1. The second-order valence-electron chi connectivity index (χ2n) is 9.31. The van der Waals surface area contributed by atoms with Gasteiger partial charge in [0.25, 0.3) is 11.8 Å². The van der Waals surface area contributed by atoms with Gasteiger partial charge >= 0.3 is 6.18 Å². The number of aromatic nitrogens is 7. The number of aryl methyl sites for hydroxylation is 4. The zero-order chi connectivity index (χ0) is 28.8. The molecule has 0 fully saturated rings. The summed E-state index contributed by atoms with van der Waals surface area (Å²) in [5.41, 5.74) is 1.80. The maximum absolute atomic E-state index is 14.0. The fourth-order valence-corrected chi connectivity index (χ4v) is 4.15. The van der Waals surface area contributed by atoms with E-state index in [1.807, 2.05) is 13.8 Å². The molecule has 0 radical (unpaired) electrons. The average Bonchev–Trinajstić information content (AvgIpc) is 3.61. The molecule has 2 N–H and O–H groups in total. The van der Waals surface area contributed by atoms with Gasteiger partial charge < -0.3 is 10.6 Å². The van der Waals surface area contributed by atoms with Gasteiger partial charge in [0.05, 0.1) is 23.8 Å². The molecule has 0 saturated heterocycles. The number of nitrogens with zero attached hydrogens (tertiary/aromatic N) is 7. The molecule has 5 rings (SSSR count). The van der Waals surface area contributed by atoms with Gasteiger partial charge in [-0.05, 0) is 37.1 Å². The van der Waals surface area contributed by atoms with E-state index >= 15 is 0 Å². The third kappa shape index (κ3) is 5.15. The Morgan fingerprint density at radius 3 is 2.42 bits per heavy atom. The van der Waals surface area contributed by atoms with E-state index in [0.29, 0.717) is 10.1 Å². The molecular formula is C26H24F3N9O2. The van der Waals surface area contributed by atoms with E-state index < -0.39 is 23.7 Å². The second kappa shape index (κ2) is 9.94. The number of benzene rings is 1. The molecule has 0 aliphatic carbocycles. The van der Waals surface area contributed by atoms with Crippen molar-refractivity contribution >= 4 is 23.1 Å². The molecule has 4 aromatic heterocycles. The van der Waals surface area contributed by atoms with Gasteiger partial charge in [-0.3, -0.25) is 19.0 Å². The van der Waals surface area contributed by atoms with Crippen LogP contribution in [0, 0.1) is 13.8 Å². The summed E-state index contributed by atoms with van der Waals surface area (Å²) in [6, 6.07) is 7.30. The van der Waals surface area contributed by atoms with E-state index in [9.17, 15) is 22.8 Å². The SMILES string of the molecule is Cc1ccc(-c2cc(C(F)(F)F)n3nc(C(=O)Nc4cnn(C)c4C(=O)NCc4cnn(C)c4)cc3n2)cc1C. The van der Waals surface area contributed by atoms with Gasteiger partial charge in [-0.15, -0.1) is 0 Å². The lowest BCUT2D eigenvalue weighted by molar-refractivity contribution is -0.142. The molecular weight excluding hydrogens is 527 g/mol. The molecule has 5 aromatic rings. The number of fused-ring (bicyclic) bond motifs is 1. The Morgan fingerprint density at radius 1 is 0.975 bits per heavy atom. The van der Waals surface area contributed by atoms with Gasteiger partial charge in [0.2, 0.25) is 0 Å². The summed E-state index contributed by atoms with van der Waals surface area (Å²) in [5.74, 6) is -1.35. The first-order chi connectivity index (χ1) is 18.9.